The predicted molar refractivity (Wildman–Crippen MR) is 135 cm³/mol. The highest BCUT2D eigenvalue weighted by atomic mass is 19.1. The minimum absolute atomic E-state index is 0.201. The van der Waals surface area contributed by atoms with E-state index in [-0.39, 0.29) is 17.7 Å². The maximum absolute atomic E-state index is 15.0. The first-order chi connectivity index (χ1) is 17.7. The maximum Gasteiger partial charge on any atom is 0.410 e. The number of piperazine rings is 1. The van der Waals surface area contributed by atoms with Crippen LogP contribution >= 0.6 is 0 Å². The van der Waals surface area contributed by atoms with Gasteiger partial charge in [0.25, 0.3) is 0 Å². The summed E-state index contributed by atoms with van der Waals surface area (Å²) in [6, 6.07) is 10.0. The van der Waals surface area contributed by atoms with Crippen LogP contribution in [0.2, 0.25) is 0 Å². The Morgan fingerprint density at radius 1 is 1.05 bits per heavy atom. The van der Waals surface area contributed by atoms with Gasteiger partial charge in [-0.2, -0.15) is 5.26 Å². The average molecular weight is 501 g/mol. The van der Waals surface area contributed by atoms with Crippen LogP contribution in [0, 0.1) is 17.1 Å². The topological polar surface area (TPSA) is 113 Å². The van der Waals surface area contributed by atoms with E-state index in [0.29, 0.717) is 54.2 Å². The van der Waals surface area contributed by atoms with E-state index in [9.17, 15) is 14.4 Å². The molecule has 1 amide bonds. The van der Waals surface area contributed by atoms with Gasteiger partial charge in [-0.3, -0.25) is 4.57 Å². The van der Waals surface area contributed by atoms with Crippen LogP contribution in [-0.2, 0) is 4.74 Å². The van der Waals surface area contributed by atoms with E-state index in [0.717, 1.165) is 0 Å². The van der Waals surface area contributed by atoms with Gasteiger partial charge in [-0.05, 0) is 32.9 Å². The molecule has 188 valence electrons. The monoisotopic (exact) mass is 500 g/mol. The van der Waals surface area contributed by atoms with Gasteiger partial charge < -0.3 is 14.5 Å². The molecule has 0 atom stereocenters. The summed E-state index contributed by atoms with van der Waals surface area (Å²) in [7, 11) is 0. The number of nitriles is 1. The number of carbonyl (C=O) groups is 1. The molecule has 0 N–H and O–H groups in total. The van der Waals surface area contributed by atoms with Crippen molar-refractivity contribution in [3.63, 3.8) is 0 Å². The highest BCUT2D eigenvalue weighted by Crippen LogP contribution is 2.37. The van der Waals surface area contributed by atoms with Crippen molar-refractivity contribution in [2.24, 2.45) is 0 Å². The molecule has 0 bridgehead atoms. The number of rotatable bonds is 3. The van der Waals surface area contributed by atoms with Gasteiger partial charge in [0, 0.05) is 49.7 Å². The van der Waals surface area contributed by atoms with Crippen molar-refractivity contribution < 1.29 is 13.9 Å². The van der Waals surface area contributed by atoms with E-state index in [4.69, 9.17) is 4.74 Å². The smallest absolute Gasteiger partial charge is 0.410 e. The number of nitrogens with zero attached hydrogens (tertiary/aromatic N) is 8. The Morgan fingerprint density at radius 2 is 1.81 bits per heavy atom. The lowest BCUT2D eigenvalue weighted by Crippen LogP contribution is -2.50. The Morgan fingerprint density at radius 3 is 2.51 bits per heavy atom. The molecule has 5 rings (SSSR count). The van der Waals surface area contributed by atoms with Crippen molar-refractivity contribution in [1.82, 2.24) is 29.4 Å². The number of hydrogen-bond acceptors (Lipinski definition) is 8. The second-order valence-corrected chi connectivity index (χ2v) is 9.60. The minimum Gasteiger partial charge on any atom is -0.444 e. The van der Waals surface area contributed by atoms with Crippen molar-refractivity contribution in [3.05, 3.63) is 60.6 Å². The molecule has 1 aliphatic rings. The van der Waals surface area contributed by atoms with Crippen LogP contribution in [-0.4, -0.2) is 67.3 Å². The number of benzene rings is 1. The molecule has 1 saturated heterocycles. The fraction of sp³-hybridized carbons (Fsp3) is 0.308. The maximum atomic E-state index is 15.0. The zero-order valence-corrected chi connectivity index (χ0v) is 20.7. The summed E-state index contributed by atoms with van der Waals surface area (Å²) in [5.74, 6) is 0.464. The lowest BCUT2D eigenvalue weighted by molar-refractivity contribution is 0.0240. The van der Waals surface area contributed by atoms with Crippen LogP contribution in [0.5, 0.6) is 0 Å². The SMILES string of the molecule is CC(C)(C)OC(=O)N1CCN(c2ncnc3c2c(-c2ccccc2F)cn3-c2nccc(C#N)n2)CC1. The van der Waals surface area contributed by atoms with E-state index >= 15 is 0 Å². The zero-order chi connectivity index (χ0) is 26.2. The molecule has 0 unspecified atom stereocenters. The number of carbonyl (C=O) groups excluding carboxylic acids is 1. The number of ether oxygens (including phenoxy) is 1. The molecule has 1 aliphatic heterocycles. The molecule has 37 heavy (non-hydrogen) atoms. The predicted octanol–water partition coefficient (Wildman–Crippen LogP) is 3.95. The molecular weight excluding hydrogens is 475 g/mol. The summed E-state index contributed by atoms with van der Waals surface area (Å²) in [5, 5.41) is 9.94. The van der Waals surface area contributed by atoms with Crippen molar-refractivity contribution in [2.75, 3.05) is 31.1 Å². The Bertz CT molecular complexity index is 1510. The van der Waals surface area contributed by atoms with Gasteiger partial charge in [-0.1, -0.05) is 18.2 Å². The third kappa shape index (κ3) is 4.78. The third-order valence-electron chi connectivity index (χ3n) is 5.93. The third-order valence-corrected chi connectivity index (χ3v) is 5.93. The molecule has 0 saturated carbocycles. The van der Waals surface area contributed by atoms with Gasteiger partial charge in [0.1, 0.15) is 35.3 Å². The van der Waals surface area contributed by atoms with E-state index < -0.39 is 11.4 Å². The second-order valence-electron chi connectivity index (χ2n) is 9.60. The Balaban J connectivity index is 1.58. The molecule has 3 aromatic heterocycles. The molecule has 0 aliphatic carbocycles. The highest BCUT2D eigenvalue weighted by molar-refractivity contribution is 6.02. The van der Waals surface area contributed by atoms with Crippen molar-refractivity contribution >= 4 is 22.9 Å². The van der Waals surface area contributed by atoms with Crippen molar-refractivity contribution in [2.45, 2.75) is 26.4 Å². The van der Waals surface area contributed by atoms with Gasteiger partial charge in [0.05, 0.1) is 5.39 Å². The van der Waals surface area contributed by atoms with Crippen LogP contribution in [0.1, 0.15) is 26.5 Å². The fourth-order valence-corrected chi connectivity index (χ4v) is 4.28. The largest absolute Gasteiger partial charge is 0.444 e. The first kappa shape index (κ1) is 24.1. The zero-order valence-electron chi connectivity index (χ0n) is 20.7. The van der Waals surface area contributed by atoms with Crippen molar-refractivity contribution in [3.8, 4) is 23.1 Å². The summed E-state index contributed by atoms with van der Waals surface area (Å²) < 4.78 is 22.1. The number of amides is 1. The molecule has 1 aromatic carbocycles. The van der Waals surface area contributed by atoms with Crippen molar-refractivity contribution in [1.29, 1.82) is 5.26 Å². The number of aromatic nitrogens is 5. The van der Waals surface area contributed by atoms with Gasteiger partial charge in [0.15, 0.2) is 5.65 Å². The number of halogens is 1. The summed E-state index contributed by atoms with van der Waals surface area (Å²) in [5.41, 5.74) is 1.06. The van der Waals surface area contributed by atoms with Crippen LogP contribution in [0.25, 0.3) is 28.1 Å². The Hall–Kier alpha value is -4.59. The van der Waals surface area contributed by atoms with Crippen LogP contribution in [0.15, 0.2) is 49.1 Å². The van der Waals surface area contributed by atoms with Crippen LogP contribution < -0.4 is 4.90 Å². The van der Waals surface area contributed by atoms with Gasteiger partial charge >= 0.3 is 6.09 Å². The summed E-state index contributed by atoms with van der Waals surface area (Å²) in [4.78, 5) is 33.9. The van der Waals surface area contributed by atoms with E-state index in [1.54, 1.807) is 33.9 Å². The number of hydrogen-bond donors (Lipinski definition) is 0. The van der Waals surface area contributed by atoms with Crippen LogP contribution in [0.3, 0.4) is 0 Å². The van der Waals surface area contributed by atoms with E-state index in [2.05, 4.69) is 19.9 Å². The van der Waals surface area contributed by atoms with E-state index in [1.807, 2.05) is 31.7 Å². The summed E-state index contributed by atoms with van der Waals surface area (Å²) in [6.07, 6.45) is 4.29. The van der Waals surface area contributed by atoms with Gasteiger partial charge in [-0.15, -0.1) is 0 Å². The fourth-order valence-electron chi connectivity index (χ4n) is 4.28. The first-order valence-electron chi connectivity index (χ1n) is 11.8. The Kier molecular flexibility index (Phi) is 6.17. The van der Waals surface area contributed by atoms with Gasteiger partial charge in [-0.25, -0.2) is 29.1 Å². The Labute approximate surface area is 213 Å². The highest BCUT2D eigenvalue weighted by Gasteiger charge is 2.29. The molecule has 0 radical (unpaired) electrons. The minimum atomic E-state index is -0.574. The first-order valence-corrected chi connectivity index (χ1v) is 11.8. The molecule has 4 aromatic rings. The molecule has 0 spiro atoms. The second kappa shape index (κ2) is 9.46. The number of fused-ring (bicyclic) bond motifs is 1. The quantitative estimate of drug-likeness (QED) is 0.416. The average Bonchev–Trinajstić information content (AvgIpc) is 3.28. The molecule has 11 heteroatoms. The van der Waals surface area contributed by atoms with Crippen LogP contribution in [0.4, 0.5) is 15.0 Å². The van der Waals surface area contributed by atoms with Gasteiger partial charge in [0.2, 0.25) is 5.95 Å². The normalized spacial score (nSPS) is 14.0. The molecular formula is C26H25FN8O2. The molecule has 1 fully saturated rings. The summed E-state index contributed by atoms with van der Waals surface area (Å²) in [6.45, 7) is 7.42. The number of anilines is 1. The standard InChI is InChI=1S/C26H25FN8O2/c1-26(2,3)37-25(36)34-12-10-33(11-13-34)22-21-19(18-6-4-5-7-20(18)27)15-35(23(21)31-16-30-22)24-29-9-8-17(14-28)32-24/h4-9,15-16H,10-13H2,1-3H3. The lowest BCUT2D eigenvalue weighted by Gasteiger charge is -2.36. The summed E-state index contributed by atoms with van der Waals surface area (Å²) >= 11 is 0. The van der Waals surface area contributed by atoms with E-state index in [1.165, 1.54) is 24.7 Å². The molecule has 10 nitrogen and oxygen atoms in total. The lowest BCUT2D eigenvalue weighted by atomic mass is 10.1. The molecule has 4 heterocycles.